The normalized spacial score (nSPS) is 14.8. The molecule has 0 spiro atoms. The van der Waals surface area contributed by atoms with Gasteiger partial charge in [0.25, 0.3) is 5.91 Å². The van der Waals surface area contributed by atoms with Gasteiger partial charge in [0.05, 0.1) is 0 Å². The first kappa shape index (κ1) is 13.7. The summed E-state index contributed by atoms with van der Waals surface area (Å²) in [4.78, 5) is 20.6. The van der Waals surface area contributed by atoms with E-state index in [0.717, 1.165) is 17.2 Å². The second-order valence-corrected chi connectivity index (χ2v) is 5.37. The minimum Gasteiger partial charge on any atom is -0.350 e. The summed E-state index contributed by atoms with van der Waals surface area (Å²) in [5.41, 5.74) is 1.92. The molecule has 2 aromatic rings. The van der Waals surface area contributed by atoms with Crippen LogP contribution in [0.3, 0.4) is 0 Å². The van der Waals surface area contributed by atoms with E-state index in [2.05, 4.69) is 21.4 Å². The number of pyridine rings is 2. The minimum atomic E-state index is -0.120. The van der Waals surface area contributed by atoms with E-state index in [1.165, 1.54) is 31.3 Å². The van der Waals surface area contributed by atoms with E-state index >= 15 is 0 Å². The highest BCUT2D eigenvalue weighted by Crippen LogP contribution is 2.19. The van der Waals surface area contributed by atoms with Crippen molar-refractivity contribution in [3.63, 3.8) is 0 Å². The van der Waals surface area contributed by atoms with Gasteiger partial charge in [0.1, 0.15) is 5.69 Å². The third-order valence-electron chi connectivity index (χ3n) is 3.90. The second kappa shape index (κ2) is 6.48. The predicted octanol–water partition coefficient (Wildman–Crippen LogP) is 3.25. The van der Waals surface area contributed by atoms with E-state index in [9.17, 15) is 4.79 Å². The van der Waals surface area contributed by atoms with Crippen LogP contribution in [0.2, 0.25) is 0 Å². The summed E-state index contributed by atoms with van der Waals surface area (Å²) in [6, 6.07) is 3.78. The standard InChI is InChI=1S/C17H19N3O/c21-17(20-10-6-13-4-2-1-3-5-13)16-15-12-18-9-7-14(15)8-11-19-16/h4,7-9,11-12H,1-3,5-6,10H2,(H,20,21). The Balaban J connectivity index is 1.65. The molecule has 0 aliphatic heterocycles. The smallest absolute Gasteiger partial charge is 0.270 e. The van der Waals surface area contributed by atoms with Crippen molar-refractivity contribution in [2.75, 3.05) is 6.54 Å². The van der Waals surface area contributed by atoms with Crippen LogP contribution in [0.15, 0.2) is 42.4 Å². The Morgan fingerprint density at radius 3 is 3.00 bits per heavy atom. The van der Waals surface area contributed by atoms with Gasteiger partial charge in [0.2, 0.25) is 0 Å². The Morgan fingerprint density at radius 1 is 1.24 bits per heavy atom. The first-order valence-electron chi connectivity index (χ1n) is 7.49. The number of amides is 1. The molecule has 0 saturated heterocycles. The molecule has 108 valence electrons. The summed E-state index contributed by atoms with van der Waals surface area (Å²) in [5.74, 6) is -0.120. The molecule has 0 atom stereocenters. The third kappa shape index (κ3) is 3.27. The molecular weight excluding hydrogens is 262 g/mol. The largest absolute Gasteiger partial charge is 0.350 e. The van der Waals surface area contributed by atoms with Crippen LogP contribution in [0.1, 0.15) is 42.6 Å². The van der Waals surface area contributed by atoms with Crippen LogP contribution in [-0.4, -0.2) is 22.4 Å². The fourth-order valence-electron chi connectivity index (χ4n) is 2.74. The van der Waals surface area contributed by atoms with Gasteiger partial charge >= 0.3 is 0 Å². The Kier molecular flexibility index (Phi) is 4.24. The summed E-state index contributed by atoms with van der Waals surface area (Å²) in [7, 11) is 0. The van der Waals surface area contributed by atoms with E-state index < -0.39 is 0 Å². The Labute approximate surface area is 124 Å². The van der Waals surface area contributed by atoms with Crippen LogP contribution < -0.4 is 5.32 Å². The van der Waals surface area contributed by atoms with E-state index in [-0.39, 0.29) is 5.91 Å². The van der Waals surface area contributed by atoms with Gasteiger partial charge in [-0.05, 0) is 49.6 Å². The average Bonchev–Trinajstić information content (AvgIpc) is 2.55. The fraction of sp³-hybridized carbons (Fsp3) is 0.353. The van der Waals surface area contributed by atoms with Gasteiger partial charge in [-0.25, -0.2) is 0 Å². The molecular formula is C17H19N3O. The molecule has 1 N–H and O–H groups in total. The van der Waals surface area contributed by atoms with Crippen LogP contribution in [0.5, 0.6) is 0 Å². The molecule has 2 aromatic heterocycles. The number of carbonyl (C=O) groups excluding carboxylic acids is 1. The summed E-state index contributed by atoms with van der Waals surface area (Å²) >= 11 is 0. The van der Waals surface area contributed by atoms with Gasteiger partial charge in [-0.15, -0.1) is 0 Å². The van der Waals surface area contributed by atoms with Crippen molar-refractivity contribution in [2.24, 2.45) is 0 Å². The number of fused-ring (bicyclic) bond motifs is 1. The van der Waals surface area contributed by atoms with Crippen LogP contribution >= 0.6 is 0 Å². The highest BCUT2D eigenvalue weighted by Gasteiger charge is 2.11. The second-order valence-electron chi connectivity index (χ2n) is 5.37. The van der Waals surface area contributed by atoms with Gasteiger partial charge in [-0.1, -0.05) is 11.6 Å². The molecule has 1 amide bonds. The number of carbonyl (C=O) groups is 1. The maximum absolute atomic E-state index is 12.3. The Bertz CT molecular complexity index is 673. The lowest BCUT2D eigenvalue weighted by atomic mass is 9.97. The number of allylic oxidation sites excluding steroid dienone is 1. The summed E-state index contributed by atoms with van der Waals surface area (Å²) in [6.07, 6.45) is 13.3. The zero-order chi connectivity index (χ0) is 14.5. The highest BCUT2D eigenvalue weighted by atomic mass is 16.1. The lowest BCUT2D eigenvalue weighted by Gasteiger charge is -2.13. The van der Waals surface area contributed by atoms with Crippen LogP contribution in [0.4, 0.5) is 0 Å². The number of nitrogens with one attached hydrogen (secondary N) is 1. The molecule has 4 heteroatoms. The lowest BCUT2D eigenvalue weighted by Crippen LogP contribution is -2.26. The summed E-state index contributed by atoms with van der Waals surface area (Å²) < 4.78 is 0. The number of hydrogen-bond acceptors (Lipinski definition) is 3. The molecule has 21 heavy (non-hydrogen) atoms. The van der Waals surface area contributed by atoms with Gasteiger partial charge < -0.3 is 5.32 Å². The van der Waals surface area contributed by atoms with Gasteiger partial charge in [-0.3, -0.25) is 14.8 Å². The van der Waals surface area contributed by atoms with Crippen molar-refractivity contribution in [1.82, 2.24) is 15.3 Å². The summed E-state index contributed by atoms with van der Waals surface area (Å²) in [6.45, 7) is 0.670. The van der Waals surface area contributed by atoms with Crippen LogP contribution in [-0.2, 0) is 0 Å². The van der Waals surface area contributed by atoms with Gasteiger partial charge in [0.15, 0.2) is 0 Å². The molecule has 1 aliphatic rings. The molecule has 4 nitrogen and oxygen atoms in total. The molecule has 2 heterocycles. The van der Waals surface area contributed by atoms with Crippen molar-refractivity contribution in [1.29, 1.82) is 0 Å². The van der Waals surface area contributed by atoms with Crippen molar-refractivity contribution in [2.45, 2.75) is 32.1 Å². The predicted molar refractivity (Wildman–Crippen MR) is 83.0 cm³/mol. The van der Waals surface area contributed by atoms with Crippen LogP contribution in [0.25, 0.3) is 10.8 Å². The molecule has 0 aromatic carbocycles. The number of rotatable bonds is 4. The number of hydrogen-bond donors (Lipinski definition) is 1. The van der Waals surface area contributed by atoms with Gasteiger partial charge in [0, 0.05) is 30.5 Å². The fourth-order valence-corrected chi connectivity index (χ4v) is 2.74. The monoisotopic (exact) mass is 281 g/mol. The Morgan fingerprint density at radius 2 is 2.14 bits per heavy atom. The Hall–Kier alpha value is -2.23. The summed E-state index contributed by atoms with van der Waals surface area (Å²) in [5, 5.41) is 4.75. The molecule has 1 aliphatic carbocycles. The maximum atomic E-state index is 12.3. The van der Waals surface area contributed by atoms with E-state index in [0.29, 0.717) is 12.2 Å². The molecule has 3 rings (SSSR count). The molecule has 0 bridgehead atoms. The topological polar surface area (TPSA) is 54.9 Å². The zero-order valence-electron chi connectivity index (χ0n) is 12.0. The van der Waals surface area contributed by atoms with Crippen molar-refractivity contribution in [3.8, 4) is 0 Å². The molecule has 0 saturated carbocycles. The number of nitrogens with zero attached hydrogens (tertiary/aromatic N) is 2. The van der Waals surface area contributed by atoms with E-state index in [4.69, 9.17) is 0 Å². The van der Waals surface area contributed by atoms with E-state index in [1.54, 1.807) is 18.6 Å². The first-order chi connectivity index (χ1) is 10.3. The molecule has 0 unspecified atom stereocenters. The van der Waals surface area contributed by atoms with Gasteiger partial charge in [-0.2, -0.15) is 0 Å². The molecule has 0 fully saturated rings. The van der Waals surface area contributed by atoms with E-state index in [1.807, 2.05) is 12.1 Å². The SMILES string of the molecule is O=C(NCCC1=CCCCC1)c1nccc2ccncc12. The van der Waals surface area contributed by atoms with Crippen LogP contribution in [0, 0.1) is 0 Å². The first-order valence-corrected chi connectivity index (χ1v) is 7.49. The minimum absolute atomic E-state index is 0.120. The lowest BCUT2D eigenvalue weighted by molar-refractivity contribution is 0.0951. The molecule has 0 radical (unpaired) electrons. The van der Waals surface area contributed by atoms with Crippen molar-refractivity contribution < 1.29 is 4.79 Å². The van der Waals surface area contributed by atoms with Crippen molar-refractivity contribution in [3.05, 3.63) is 48.1 Å². The quantitative estimate of drug-likeness (QED) is 0.875. The number of aromatic nitrogens is 2. The van der Waals surface area contributed by atoms with Crippen molar-refractivity contribution >= 4 is 16.7 Å². The third-order valence-corrected chi connectivity index (χ3v) is 3.90. The maximum Gasteiger partial charge on any atom is 0.270 e. The average molecular weight is 281 g/mol. The highest BCUT2D eigenvalue weighted by molar-refractivity contribution is 6.04. The zero-order valence-corrected chi connectivity index (χ0v) is 12.0.